The van der Waals surface area contributed by atoms with Crippen molar-refractivity contribution < 1.29 is 26.9 Å². The van der Waals surface area contributed by atoms with Gasteiger partial charge in [-0.15, -0.1) is 0 Å². The standard InChI is InChI=1S/C24H37N3O6S/c1-23(2,22(28)32-17-24(3)14-26(6)15-24)16-33-34(29,30)27-13-18(10-11-25(4)5)20-12-19(31-7)8-9-21(20)27/h8-9,12-13H,10-11,14-17H2,1-7H3. The maximum Gasteiger partial charge on any atom is 0.366 e. The Kier molecular flexibility index (Phi) is 7.66. The van der Waals surface area contributed by atoms with Gasteiger partial charge in [0.15, 0.2) is 0 Å². The average Bonchev–Trinajstić information content (AvgIpc) is 3.12. The van der Waals surface area contributed by atoms with Gasteiger partial charge in [-0.25, -0.2) is 3.97 Å². The number of hydrogen-bond acceptors (Lipinski definition) is 8. The zero-order valence-electron chi connectivity index (χ0n) is 21.3. The topological polar surface area (TPSA) is 90.3 Å². The Balaban J connectivity index is 1.76. The van der Waals surface area contributed by atoms with Crippen molar-refractivity contribution in [3.05, 3.63) is 30.0 Å². The van der Waals surface area contributed by atoms with Crippen molar-refractivity contribution in [2.75, 3.05) is 61.1 Å². The number of ether oxygens (including phenoxy) is 2. The zero-order valence-corrected chi connectivity index (χ0v) is 22.1. The van der Waals surface area contributed by atoms with Gasteiger partial charge in [0, 0.05) is 36.6 Å². The van der Waals surface area contributed by atoms with Gasteiger partial charge in [0.2, 0.25) is 0 Å². The minimum Gasteiger partial charge on any atom is -0.497 e. The van der Waals surface area contributed by atoms with Crippen LogP contribution >= 0.6 is 0 Å². The Bertz CT molecular complexity index is 1130. The first-order chi connectivity index (χ1) is 15.8. The van der Waals surface area contributed by atoms with E-state index in [1.807, 2.05) is 32.1 Å². The molecule has 1 aromatic carbocycles. The highest BCUT2D eigenvalue weighted by Gasteiger charge is 2.40. The van der Waals surface area contributed by atoms with E-state index in [1.54, 1.807) is 39.3 Å². The van der Waals surface area contributed by atoms with Crippen LogP contribution in [0.2, 0.25) is 0 Å². The summed E-state index contributed by atoms with van der Waals surface area (Å²) in [6.45, 7) is 7.75. The highest BCUT2D eigenvalue weighted by atomic mass is 32.2. The van der Waals surface area contributed by atoms with Crippen molar-refractivity contribution in [1.29, 1.82) is 0 Å². The van der Waals surface area contributed by atoms with E-state index in [0.717, 1.165) is 34.6 Å². The van der Waals surface area contributed by atoms with Gasteiger partial charge in [0.05, 0.1) is 31.3 Å². The third kappa shape index (κ3) is 5.91. The molecule has 1 aliphatic rings. The Morgan fingerprint density at radius 1 is 1.24 bits per heavy atom. The third-order valence-corrected chi connectivity index (χ3v) is 7.31. The molecule has 1 aliphatic heterocycles. The van der Waals surface area contributed by atoms with Crippen molar-refractivity contribution in [2.24, 2.45) is 10.8 Å². The molecule has 0 radical (unpaired) electrons. The van der Waals surface area contributed by atoms with Crippen LogP contribution in [0.1, 0.15) is 26.3 Å². The number of rotatable bonds is 11. The Labute approximate surface area is 202 Å². The number of hydrogen-bond donors (Lipinski definition) is 0. The predicted octanol–water partition coefficient (Wildman–Crippen LogP) is 2.38. The number of likely N-dealkylation sites (tertiary alicyclic amines) is 1. The largest absolute Gasteiger partial charge is 0.497 e. The lowest BCUT2D eigenvalue weighted by Gasteiger charge is -2.45. The fourth-order valence-electron chi connectivity index (χ4n) is 4.22. The second-order valence-electron chi connectivity index (χ2n) is 10.5. The molecule has 0 unspecified atom stereocenters. The molecule has 0 amide bonds. The van der Waals surface area contributed by atoms with Crippen molar-refractivity contribution in [3.8, 4) is 5.75 Å². The quantitative estimate of drug-likeness (QED) is 0.439. The smallest absolute Gasteiger partial charge is 0.366 e. The van der Waals surface area contributed by atoms with Crippen LogP contribution in [0.15, 0.2) is 24.4 Å². The summed E-state index contributed by atoms with van der Waals surface area (Å²) in [4.78, 5) is 16.9. The van der Waals surface area contributed by atoms with Crippen LogP contribution in [0.5, 0.6) is 5.75 Å². The molecule has 0 atom stereocenters. The van der Waals surface area contributed by atoms with Gasteiger partial charge in [-0.3, -0.25) is 8.98 Å². The third-order valence-electron chi connectivity index (χ3n) is 6.11. The summed E-state index contributed by atoms with van der Waals surface area (Å²) in [5, 5.41) is 0.783. The summed E-state index contributed by atoms with van der Waals surface area (Å²) >= 11 is 0. The van der Waals surface area contributed by atoms with Crippen molar-refractivity contribution in [1.82, 2.24) is 13.8 Å². The van der Waals surface area contributed by atoms with Crippen molar-refractivity contribution in [2.45, 2.75) is 27.2 Å². The summed E-state index contributed by atoms with van der Waals surface area (Å²) < 4.78 is 43.7. The average molecular weight is 496 g/mol. The van der Waals surface area contributed by atoms with E-state index in [9.17, 15) is 13.2 Å². The number of esters is 1. The molecule has 3 rings (SSSR count). The Hall–Kier alpha value is -2.14. The lowest BCUT2D eigenvalue weighted by Crippen LogP contribution is -2.55. The van der Waals surface area contributed by atoms with Gasteiger partial charge in [-0.1, -0.05) is 6.92 Å². The minimum atomic E-state index is -4.19. The van der Waals surface area contributed by atoms with Crippen LogP contribution in [0, 0.1) is 10.8 Å². The summed E-state index contributed by atoms with van der Waals surface area (Å²) in [5.41, 5.74) is 0.171. The number of fused-ring (bicyclic) bond motifs is 1. The molecular formula is C24H37N3O6S. The van der Waals surface area contributed by atoms with Crippen LogP contribution in [0.25, 0.3) is 10.9 Å². The summed E-state index contributed by atoms with van der Waals surface area (Å²) in [6, 6.07) is 5.24. The highest BCUT2D eigenvalue weighted by Crippen LogP contribution is 2.31. The van der Waals surface area contributed by atoms with E-state index in [4.69, 9.17) is 13.7 Å². The molecule has 34 heavy (non-hydrogen) atoms. The molecule has 0 spiro atoms. The molecule has 9 nitrogen and oxygen atoms in total. The summed E-state index contributed by atoms with van der Waals surface area (Å²) in [7, 11) is 3.32. The molecule has 1 saturated heterocycles. The van der Waals surface area contributed by atoms with E-state index in [0.29, 0.717) is 24.3 Å². The van der Waals surface area contributed by atoms with Gasteiger partial charge in [0.1, 0.15) is 5.75 Å². The number of benzene rings is 1. The molecule has 1 aromatic heterocycles. The molecule has 0 saturated carbocycles. The number of likely N-dealkylation sites (N-methyl/N-ethyl adjacent to an activating group) is 1. The molecule has 10 heteroatoms. The predicted molar refractivity (Wildman–Crippen MR) is 131 cm³/mol. The molecule has 2 heterocycles. The fraction of sp³-hybridized carbons (Fsp3) is 0.625. The van der Waals surface area contributed by atoms with E-state index in [-0.39, 0.29) is 12.0 Å². The monoisotopic (exact) mass is 495 g/mol. The van der Waals surface area contributed by atoms with Gasteiger partial charge in [-0.05, 0) is 65.2 Å². The maximum absolute atomic E-state index is 13.2. The number of carbonyl (C=O) groups is 1. The molecule has 1 fully saturated rings. The number of carbonyl (C=O) groups excluding carboxylic acids is 1. The van der Waals surface area contributed by atoms with Gasteiger partial charge >= 0.3 is 16.3 Å². The molecule has 0 aliphatic carbocycles. The van der Waals surface area contributed by atoms with E-state index in [2.05, 4.69) is 11.8 Å². The molecular weight excluding hydrogens is 458 g/mol. The number of methoxy groups -OCH3 is 1. The van der Waals surface area contributed by atoms with E-state index in [1.165, 1.54) is 0 Å². The number of aromatic nitrogens is 1. The zero-order chi connectivity index (χ0) is 25.3. The highest BCUT2D eigenvalue weighted by molar-refractivity contribution is 7.85. The van der Waals surface area contributed by atoms with Crippen LogP contribution in [0.3, 0.4) is 0 Å². The first kappa shape index (κ1) is 26.5. The maximum atomic E-state index is 13.2. The minimum absolute atomic E-state index is 0.0680. The lowest BCUT2D eigenvalue weighted by molar-refractivity contribution is -0.162. The number of nitrogens with zero attached hydrogens (tertiary/aromatic N) is 3. The Morgan fingerprint density at radius 3 is 2.50 bits per heavy atom. The van der Waals surface area contributed by atoms with Gasteiger partial charge in [-0.2, -0.15) is 8.42 Å². The first-order valence-corrected chi connectivity index (χ1v) is 12.7. The van der Waals surface area contributed by atoms with E-state index < -0.39 is 21.7 Å². The van der Waals surface area contributed by atoms with Crippen LogP contribution < -0.4 is 4.74 Å². The fourth-order valence-corrected chi connectivity index (χ4v) is 5.43. The van der Waals surface area contributed by atoms with Crippen LogP contribution in [0.4, 0.5) is 0 Å². The van der Waals surface area contributed by atoms with Crippen LogP contribution in [-0.4, -0.2) is 89.3 Å². The van der Waals surface area contributed by atoms with Gasteiger partial charge in [0.25, 0.3) is 0 Å². The molecule has 0 bridgehead atoms. The van der Waals surface area contributed by atoms with Crippen LogP contribution in [-0.2, 0) is 30.4 Å². The SMILES string of the molecule is COc1ccc2c(c1)c(CCN(C)C)cn2S(=O)(=O)OCC(C)(C)C(=O)OCC1(C)CN(C)C1. The second kappa shape index (κ2) is 9.85. The second-order valence-corrected chi connectivity index (χ2v) is 12.0. The molecule has 190 valence electrons. The van der Waals surface area contributed by atoms with Crippen molar-refractivity contribution in [3.63, 3.8) is 0 Å². The molecule has 2 aromatic rings. The van der Waals surface area contributed by atoms with Gasteiger partial charge < -0.3 is 19.3 Å². The van der Waals surface area contributed by atoms with Crippen molar-refractivity contribution >= 4 is 27.2 Å². The first-order valence-electron chi connectivity index (χ1n) is 11.3. The Morgan fingerprint density at radius 2 is 1.91 bits per heavy atom. The lowest BCUT2D eigenvalue weighted by atomic mass is 9.83. The summed E-state index contributed by atoms with van der Waals surface area (Å²) in [6.07, 6.45) is 2.24. The van der Waals surface area contributed by atoms with E-state index >= 15 is 0 Å². The normalized spacial score (nSPS) is 16.6. The summed E-state index contributed by atoms with van der Waals surface area (Å²) in [5.74, 6) is 0.164. The molecule has 0 N–H and O–H groups in total.